The predicted molar refractivity (Wildman–Crippen MR) is 45.8 cm³/mol. The number of carbonyl (C=O) groups is 1. The summed E-state index contributed by atoms with van der Waals surface area (Å²) in [6, 6.07) is 0. The third-order valence-electron chi connectivity index (χ3n) is 1.30. The van der Waals surface area contributed by atoms with Crippen molar-refractivity contribution in [3.63, 3.8) is 0 Å². The lowest BCUT2D eigenvalue weighted by molar-refractivity contribution is -0.123. The van der Waals surface area contributed by atoms with Gasteiger partial charge in [-0.2, -0.15) is 0 Å². The molecule has 0 saturated carbocycles. The topological polar surface area (TPSA) is 37.4 Å². The van der Waals surface area contributed by atoms with Crippen molar-refractivity contribution in [1.82, 2.24) is 4.67 Å². The summed E-state index contributed by atoms with van der Waals surface area (Å²) >= 11 is 0. The number of carbonyl (C=O) groups excluding carboxylic acids is 1. The number of amides is 1. The van der Waals surface area contributed by atoms with Crippen molar-refractivity contribution in [3.05, 3.63) is 0 Å². The second kappa shape index (κ2) is 3.31. The Bertz CT molecular complexity index is 183. The van der Waals surface area contributed by atoms with Gasteiger partial charge in [-0.3, -0.25) is 4.79 Å². The maximum absolute atomic E-state index is 11.5. The first-order valence-corrected chi connectivity index (χ1v) is 4.69. The van der Waals surface area contributed by atoms with Crippen molar-refractivity contribution >= 4 is 13.9 Å². The molecule has 0 N–H and O–H groups in total. The van der Waals surface area contributed by atoms with Gasteiger partial charge >= 0.3 is 7.95 Å². The molecule has 0 aliphatic carbocycles. The van der Waals surface area contributed by atoms with E-state index in [-0.39, 0.29) is 11.1 Å². The molecule has 64 valence electrons. The normalized spacial score (nSPS) is 12.6. The monoisotopic (exact) mass is 176 g/mol. The van der Waals surface area contributed by atoms with Crippen molar-refractivity contribution in [2.75, 3.05) is 7.05 Å². The van der Waals surface area contributed by atoms with Crippen molar-refractivity contribution in [2.45, 2.75) is 32.9 Å². The molecule has 0 fully saturated rings. The lowest BCUT2D eigenvalue weighted by Gasteiger charge is -2.10. The average molecular weight is 176 g/mol. The zero-order valence-corrected chi connectivity index (χ0v) is 8.61. The molecule has 1 atom stereocenters. The zero-order chi connectivity index (χ0) is 9.23. The average Bonchev–Trinajstić information content (AvgIpc) is 1.82. The molecule has 0 aliphatic rings. The Morgan fingerprint density at radius 3 is 1.82 bits per heavy atom. The van der Waals surface area contributed by atoms with Crippen LogP contribution in [0, 0.1) is 0 Å². The van der Waals surface area contributed by atoms with Crippen molar-refractivity contribution in [2.24, 2.45) is 0 Å². The van der Waals surface area contributed by atoms with Gasteiger partial charge in [-0.1, -0.05) is 0 Å². The van der Waals surface area contributed by atoms with Gasteiger partial charge in [0.25, 0.3) is 5.91 Å². The molecule has 0 aliphatic heterocycles. The van der Waals surface area contributed by atoms with Crippen LogP contribution in [0.15, 0.2) is 0 Å². The van der Waals surface area contributed by atoms with Gasteiger partial charge in [0.15, 0.2) is 5.16 Å². The van der Waals surface area contributed by atoms with Crippen LogP contribution in [0.5, 0.6) is 0 Å². The van der Waals surface area contributed by atoms with E-state index in [1.807, 2.05) is 20.8 Å². The predicted octanol–water partition coefficient (Wildman–Crippen LogP) is 2.01. The van der Waals surface area contributed by atoms with Gasteiger partial charge < -0.3 is 0 Å². The summed E-state index contributed by atoms with van der Waals surface area (Å²) in [5, 5.41) is -0.324. The van der Waals surface area contributed by atoms with Crippen LogP contribution in [0.4, 0.5) is 0 Å². The first-order chi connectivity index (χ1) is 4.76. The Morgan fingerprint density at radius 1 is 1.36 bits per heavy atom. The van der Waals surface area contributed by atoms with Gasteiger partial charge in [-0.15, -0.1) is 4.67 Å². The molecule has 0 aromatic rings. The number of nitrogens with zero attached hydrogens (tertiary/aromatic N) is 1. The zero-order valence-electron chi connectivity index (χ0n) is 7.71. The van der Waals surface area contributed by atoms with Crippen LogP contribution in [-0.2, 0) is 9.36 Å². The summed E-state index contributed by atoms with van der Waals surface area (Å²) in [7, 11) is -0.0267. The van der Waals surface area contributed by atoms with E-state index in [2.05, 4.69) is 0 Å². The van der Waals surface area contributed by atoms with Crippen LogP contribution in [0.3, 0.4) is 0 Å². The second-order valence-electron chi connectivity index (χ2n) is 3.49. The lowest BCUT2D eigenvalue weighted by Crippen LogP contribution is -2.23. The summed E-state index contributed by atoms with van der Waals surface area (Å²) in [5.41, 5.74) is 0. The number of rotatable bonds is 1. The highest BCUT2D eigenvalue weighted by molar-refractivity contribution is 7.44. The quantitative estimate of drug-likeness (QED) is 0.573. The fourth-order valence-corrected chi connectivity index (χ4v) is 1.73. The largest absolute Gasteiger partial charge is 0.470 e. The van der Waals surface area contributed by atoms with Crippen LogP contribution in [0.25, 0.3) is 0 Å². The van der Waals surface area contributed by atoms with Crippen LogP contribution in [-0.4, -0.2) is 22.8 Å². The first kappa shape index (κ1) is 10.6. The molecule has 0 aromatic heterocycles. The Morgan fingerprint density at radius 2 is 1.73 bits per heavy atom. The Balaban J connectivity index is 4.39. The van der Waals surface area contributed by atoms with Crippen LogP contribution in [0.2, 0.25) is 0 Å². The van der Waals surface area contributed by atoms with E-state index < -0.39 is 7.95 Å². The van der Waals surface area contributed by atoms with E-state index in [9.17, 15) is 9.36 Å². The molecular weight excluding hydrogens is 161 g/mol. The molecule has 0 bridgehead atoms. The van der Waals surface area contributed by atoms with Crippen molar-refractivity contribution < 1.29 is 9.36 Å². The van der Waals surface area contributed by atoms with E-state index in [0.29, 0.717) is 0 Å². The standard InChI is InChI=1S/C7H15NO2P/c1-6(9)8(5)11(10)7(2,3)4/h1-5H3/q+1. The smallest absolute Gasteiger partial charge is 0.271 e. The summed E-state index contributed by atoms with van der Waals surface area (Å²) in [5.74, 6) is -0.152. The van der Waals surface area contributed by atoms with Gasteiger partial charge in [0.05, 0.1) is 7.05 Å². The molecule has 0 spiro atoms. The summed E-state index contributed by atoms with van der Waals surface area (Å²) in [6.07, 6.45) is 0. The third kappa shape index (κ3) is 2.98. The minimum absolute atomic E-state index is 0.152. The van der Waals surface area contributed by atoms with E-state index in [1.165, 1.54) is 11.6 Å². The molecule has 0 aromatic carbocycles. The van der Waals surface area contributed by atoms with Gasteiger partial charge in [-0.25, -0.2) is 0 Å². The Labute approximate surface area is 68.6 Å². The molecule has 0 rings (SSSR count). The van der Waals surface area contributed by atoms with Gasteiger partial charge in [0, 0.05) is 6.92 Å². The summed E-state index contributed by atoms with van der Waals surface area (Å²) < 4.78 is 12.7. The fourth-order valence-electron chi connectivity index (χ4n) is 0.578. The fraction of sp³-hybridized carbons (Fsp3) is 0.857. The third-order valence-corrected chi connectivity index (χ3v) is 3.28. The molecule has 0 saturated heterocycles. The highest BCUT2D eigenvalue weighted by Gasteiger charge is 2.40. The van der Waals surface area contributed by atoms with Crippen molar-refractivity contribution in [3.8, 4) is 0 Å². The summed E-state index contributed by atoms with van der Waals surface area (Å²) in [4.78, 5) is 10.8. The van der Waals surface area contributed by atoms with Crippen LogP contribution in [0.1, 0.15) is 27.7 Å². The lowest BCUT2D eigenvalue weighted by atomic mass is 10.3. The molecule has 1 unspecified atom stereocenters. The van der Waals surface area contributed by atoms with Crippen LogP contribution >= 0.6 is 7.95 Å². The minimum atomic E-state index is -1.59. The maximum atomic E-state index is 11.5. The number of hydrogen-bond acceptors (Lipinski definition) is 2. The van der Waals surface area contributed by atoms with E-state index >= 15 is 0 Å². The maximum Gasteiger partial charge on any atom is 0.470 e. The molecule has 0 heterocycles. The molecule has 4 heteroatoms. The molecule has 0 radical (unpaired) electrons. The number of hydrogen-bond donors (Lipinski definition) is 0. The van der Waals surface area contributed by atoms with Gasteiger partial charge in [0.2, 0.25) is 0 Å². The highest BCUT2D eigenvalue weighted by atomic mass is 31.1. The Kier molecular flexibility index (Phi) is 3.18. The molecule has 11 heavy (non-hydrogen) atoms. The van der Waals surface area contributed by atoms with Crippen LogP contribution < -0.4 is 0 Å². The Hall–Kier alpha value is -0.430. The van der Waals surface area contributed by atoms with Crippen molar-refractivity contribution in [1.29, 1.82) is 0 Å². The van der Waals surface area contributed by atoms with Gasteiger partial charge in [-0.05, 0) is 25.3 Å². The minimum Gasteiger partial charge on any atom is -0.271 e. The second-order valence-corrected chi connectivity index (χ2v) is 5.97. The molecule has 3 nitrogen and oxygen atoms in total. The molecule has 1 amide bonds. The first-order valence-electron chi connectivity index (χ1n) is 3.48. The van der Waals surface area contributed by atoms with Gasteiger partial charge in [0.1, 0.15) is 0 Å². The SMILES string of the molecule is CC(=O)N(C)[P+](=O)C(C)(C)C. The van der Waals surface area contributed by atoms with E-state index in [1.54, 1.807) is 7.05 Å². The summed E-state index contributed by atoms with van der Waals surface area (Å²) in [6.45, 7) is 6.97. The van der Waals surface area contributed by atoms with E-state index in [0.717, 1.165) is 0 Å². The highest BCUT2D eigenvalue weighted by Crippen LogP contribution is 2.40. The molecular formula is C7H15NO2P+. The van der Waals surface area contributed by atoms with E-state index in [4.69, 9.17) is 0 Å².